The van der Waals surface area contributed by atoms with Gasteiger partial charge in [0.1, 0.15) is 6.61 Å². The van der Waals surface area contributed by atoms with Gasteiger partial charge in [-0.05, 0) is 31.2 Å². The third kappa shape index (κ3) is 5.09. The zero-order valence-electron chi connectivity index (χ0n) is 16.6. The molecular formula is C19H28N2O6S. The lowest BCUT2D eigenvalue weighted by Crippen LogP contribution is -2.30. The Bertz CT molecular complexity index is 774. The van der Waals surface area contributed by atoms with Gasteiger partial charge in [-0.2, -0.15) is 4.31 Å². The summed E-state index contributed by atoms with van der Waals surface area (Å²) in [5.74, 6) is -1.14. The molecule has 1 aromatic carbocycles. The Morgan fingerprint density at radius 2 is 1.79 bits per heavy atom. The van der Waals surface area contributed by atoms with Crippen molar-refractivity contribution in [2.24, 2.45) is 5.92 Å². The van der Waals surface area contributed by atoms with Crippen LogP contribution in [0.3, 0.4) is 0 Å². The Balaban J connectivity index is 2.04. The molecule has 0 bridgehead atoms. The van der Waals surface area contributed by atoms with E-state index in [1.165, 1.54) is 21.3 Å². The quantitative estimate of drug-likeness (QED) is 0.429. The molecule has 0 saturated carbocycles. The Kier molecular flexibility index (Phi) is 7.97. The van der Waals surface area contributed by atoms with Crippen molar-refractivity contribution in [3.63, 3.8) is 0 Å². The fraction of sp³-hybridized carbons (Fsp3) is 0.579. The number of amides is 1. The maximum atomic E-state index is 12.6. The number of hydrogen-bond acceptors (Lipinski definition) is 6. The van der Waals surface area contributed by atoms with Crippen molar-refractivity contribution < 1.29 is 27.5 Å². The molecular weight excluding hydrogens is 384 g/mol. The zero-order chi connectivity index (χ0) is 20.7. The molecule has 1 aliphatic heterocycles. The van der Waals surface area contributed by atoms with E-state index in [-0.39, 0.29) is 30.4 Å². The van der Waals surface area contributed by atoms with E-state index in [9.17, 15) is 18.0 Å². The Labute approximate surface area is 166 Å². The molecule has 9 heteroatoms. The third-order valence-corrected chi connectivity index (χ3v) is 6.69. The summed E-state index contributed by atoms with van der Waals surface area (Å²) >= 11 is 0. The summed E-state index contributed by atoms with van der Waals surface area (Å²) in [5.41, 5.74) is 0.563. The van der Waals surface area contributed by atoms with Crippen LogP contribution in [0.1, 0.15) is 27.2 Å². The van der Waals surface area contributed by atoms with Crippen LogP contribution in [0, 0.1) is 5.92 Å². The monoisotopic (exact) mass is 412 g/mol. The summed E-state index contributed by atoms with van der Waals surface area (Å²) in [7, 11) is -3.55. The van der Waals surface area contributed by atoms with Gasteiger partial charge in [-0.3, -0.25) is 9.59 Å². The molecule has 1 atom stereocenters. The highest BCUT2D eigenvalue weighted by atomic mass is 32.2. The van der Waals surface area contributed by atoms with E-state index in [2.05, 4.69) is 0 Å². The van der Waals surface area contributed by atoms with Gasteiger partial charge < -0.3 is 14.4 Å². The van der Waals surface area contributed by atoms with Crippen LogP contribution in [0.4, 0.5) is 5.69 Å². The van der Waals surface area contributed by atoms with Crippen LogP contribution in [0.5, 0.6) is 0 Å². The molecule has 1 fully saturated rings. The van der Waals surface area contributed by atoms with Gasteiger partial charge in [0.05, 0.1) is 17.4 Å². The smallest absolute Gasteiger partial charge is 0.311 e. The lowest BCUT2D eigenvalue weighted by atomic mass is 10.1. The molecule has 156 valence electrons. The van der Waals surface area contributed by atoms with E-state index < -0.39 is 21.9 Å². The number of esters is 1. The van der Waals surface area contributed by atoms with Gasteiger partial charge in [0.15, 0.2) is 0 Å². The molecule has 1 aliphatic rings. The number of rotatable bonds is 10. The summed E-state index contributed by atoms with van der Waals surface area (Å²) in [6.45, 7) is 7.45. The molecule has 1 aromatic rings. The van der Waals surface area contributed by atoms with Gasteiger partial charge in [0.2, 0.25) is 15.9 Å². The van der Waals surface area contributed by atoms with Gasteiger partial charge in [0, 0.05) is 38.3 Å². The Hall–Kier alpha value is -1.97. The maximum absolute atomic E-state index is 12.6. The summed E-state index contributed by atoms with van der Waals surface area (Å²) in [6.07, 6.45) is 0.0764. The fourth-order valence-corrected chi connectivity index (χ4v) is 4.55. The Morgan fingerprint density at radius 1 is 1.14 bits per heavy atom. The van der Waals surface area contributed by atoms with Crippen LogP contribution >= 0.6 is 0 Å². The molecule has 1 heterocycles. The molecule has 28 heavy (non-hydrogen) atoms. The predicted molar refractivity (Wildman–Crippen MR) is 104 cm³/mol. The summed E-state index contributed by atoms with van der Waals surface area (Å²) < 4.78 is 36.7. The van der Waals surface area contributed by atoms with Crippen molar-refractivity contribution in [1.29, 1.82) is 0 Å². The summed E-state index contributed by atoms with van der Waals surface area (Å²) in [6, 6.07) is 6.17. The molecule has 8 nitrogen and oxygen atoms in total. The number of nitrogens with zero attached hydrogens (tertiary/aromatic N) is 2. The van der Waals surface area contributed by atoms with E-state index >= 15 is 0 Å². The maximum Gasteiger partial charge on any atom is 0.311 e. The lowest BCUT2D eigenvalue weighted by molar-refractivity contribution is -0.149. The average molecular weight is 413 g/mol. The molecule has 0 spiro atoms. The van der Waals surface area contributed by atoms with Crippen molar-refractivity contribution in [3.8, 4) is 0 Å². The number of sulfonamides is 1. The number of carbonyl (C=O) groups is 2. The number of ether oxygens (including phenoxy) is 2. The minimum Gasteiger partial charge on any atom is -0.463 e. The third-order valence-electron chi connectivity index (χ3n) is 4.63. The minimum atomic E-state index is -3.55. The van der Waals surface area contributed by atoms with Gasteiger partial charge in [-0.15, -0.1) is 0 Å². The molecule has 1 unspecified atom stereocenters. The van der Waals surface area contributed by atoms with Crippen LogP contribution in [0.25, 0.3) is 0 Å². The number of anilines is 1. The highest BCUT2D eigenvalue weighted by molar-refractivity contribution is 7.89. The van der Waals surface area contributed by atoms with Crippen LogP contribution in [0.2, 0.25) is 0 Å². The lowest BCUT2D eigenvalue weighted by Gasteiger charge is -2.20. The number of carbonyl (C=O) groups excluding carboxylic acids is 2. The highest BCUT2D eigenvalue weighted by Crippen LogP contribution is 2.27. The van der Waals surface area contributed by atoms with E-state index in [0.29, 0.717) is 32.0 Å². The second-order valence-corrected chi connectivity index (χ2v) is 8.29. The van der Waals surface area contributed by atoms with Crippen LogP contribution in [0.15, 0.2) is 29.2 Å². The first-order chi connectivity index (χ1) is 13.3. The minimum absolute atomic E-state index is 0.0764. The molecule has 1 amide bonds. The van der Waals surface area contributed by atoms with E-state index in [4.69, 9.17) is 9.47 Å². The van der Waals surface area contributed by atoms with Gasteiger partial charge in [-0.1, -0.05) is 13.8 Å². The van der Waals surface area contributed by atoms with Crippen molar-refractivity contribution in [2.75, 3.05) is 44.4 Å². The molecule has 0 N–H and O–H groups in total. The largest absolute Gasteiger partial charge is 0.463 e. The standard InChI is InChI=1S/C19H28N2O6S/c1-4-20(5-2)28(24,25)17-9-7-16(8-10-17)21-14-15(13-18(21)22)19(23)27-12-11-26-6-3/h7-10,15H,4-6,11-14H2,1-3H3. The Morgan fingerprint density at radius 3 is 2.36 bits per heavy atom. The summed E-state index contributed by atoms with van der Waals surface area (Å²) in [5, 5.41) is 0. The molecule has 2 rings (SSSR count). The second kappa shape index (κ2) is 9.99. The van der Waals surface area contributed by atoms with Crippen molar-refractivity contribution in [3.05, 3.63) is 24.3 Å². The van der Waals surface area contributed by atoms with E-state index in [1.807, 2.05) is 6.92 Å². The zero-order valence-corrected chi connectivity index (χ0v) is 17.4. The van der Waals surface area contributed by atoms with Gasteiger partial charge in [-0.25, -0.2) is 8.42 Å². The highest BCUT2D eigenvalue weighted by Gasteiger charge is 2.36. The first-order valence-electron chi connectivity index (χ1n) is 9.50. The van der Waals surface area contributed by atoms with Crippen LogP contribution < -0.4 is 4.90 Å². The summed E-state index contributed by atoms with van der Waals surface area (Å²) in [4.78, 5) is 26.1. The SMILES string of the molecule is CCOCCOC(=O)C1CC(=O)N(c2ccc(S(=O)(=O)N(CC)CC)cc2)C1. The van der Waals surface area contributed by atoms with Gasteiger partial charge >= 0.3 is 5.97 Å². The van der Waals surface area contributed by atoms with Crippen LogP contribution in [-0.2, 0) is 29.1 Å². The van der Waals surface area contributed by atoms with Crippen LogP contribution in [-0.4, -0.2) is 64.1 Å². The average Bonchev–Trinajstić information content (AvgIpc) is 3.08. The first kappa shape index (κ1) is 22.3. The van der Waals surface area contributed by atoms with Crippen molar-refractivity contribution in [2.45, 2.75) is 32.1 Å². The normalized spacial score (nSPS) is 17.4. The molecule has 0 aliphatic carbocycles. The fourth-order valence-electron chi connectivity index (χ4n) is 3.09. The number of hydrogen-bond donors (Lipinski definition) is 0. The topological polar surface area (TPSA) is 93.2 Å². The predicted octanol–water partition coefficient (Wildman–Crippen LogP) is 1.65. The van der Waals surface area contributed by atoms with E-state index in [1.54, 1.807) is 26.0 Å². The molecule has 0 aromatic heterocycles. The molecule has 0 radical (unpaired) electrons. The van der Waals surface area contributed by atoms with Crippen molar-refractivity contribution in [1.82, 2.24) is 4.31 Å². The van der Waals surface area contributed by atoms with E-state index in [0.717, 1.165) is 0 Å². The van der Waals surface area contributed by atoms with Crippen molar-refractivity contribution >= 4 is 27.6 Å². The first-order valence-corrected chi connectivity index (χ1v) is 10.9. The van der Waals surface area contributed by atoms with Gasteiger partial charge in [0.25, 0.3) is 0 Å². The molecule has 1 saturated heterocycles. The number of benzene rings is 1. The second-order valence-electron chi connectivity index (χ2n) is 6.35.